The summed E-state index contributed by atoms with van der Waals surface area (Å²) < 4.78 is 49.1. The molecule has 0 atom stereocenters. The summed E-state index contributed by atoms with van der Waals surface area (Å²) in [6, 6.07) is 17.5. The van der Waals surface area contributed by atoms with E-state index in [1.54, 1.807) is 60.7 Å². The molecule has 0 saturated carbocycles. The van der Waals surface area contributed by atoms with Gasteiger partial charge in [-0.3, -0.25) is 0 Å². The molecule has 0 spiro atoms. The fourth-order valence-corrected chi connectivity index (χ4v) is 9.24. The first kappa shape index (κ1) is 18.0. The van der Waals surface area contributed by atoms with Crippen LogP contribution in [0.3, 0.4) is 0 Å². The van der Waals surface area contributed by atoms with Gasteiger partial charge < -0.3 is 5.32 Å². The summed E-state index contributed by atoms with van der Waals surface area (Å²) in [6.45, 7) is 0. The van der Waals surface area contributed by atoms with E-state index < -0.39 is 30.2 Å². The summed E-state index contributed by atoms with van der Waals surface area (Å²) in [4.78, 5) is -0.197. The summed E-state index contributed by atoms with van der Waals surface area (Å²) in [6.07, 6.45) is 0. The predicted octanol–water partition coefficient (Wildman–Crippen LogP) is 2.38. The van der Waals surface area contributed by atoms with E-state index in [0.29, 0.717) is 11.3 Å². The Labute approximate surface area is 152 Å². The maximum Gasteiger partial charge on any atom is 0.212 e. The van der Waals surface area contributed by atoms with Crippen molar-refractivity contribution in [2.45, 2.75) is 10.5 Å². The van der Waals surface area contributed by atoms with Gasteiger partial charge in [0.2, 0.25) is 4.58 Å². The minimum absolute atomic E-state index is 0.197. The van der Waals surface area contributed by atoms with Gasteiger partial charge in [-0.05, 0) is 17.7 Å². The van der Waals surface area contributed by atoms with E-state index in [1.807, 2.05) is 0 Å². The van der Waals surface area contributed by atoms with Gasteiger partial charge in [-0.1, -0.05) is 60.7 Å². The molecule has 0 amide bonds. The van der Waals surface area contributed by atoms with Crippen LogP contribution in [0.15, 0.2) is 60.7 Å². The van der Waals surface area contributed by atoms with E-state index in [0.717, 1.165) is 0 Å². The van der Waals surface area contributed by atoms with Crippen molar-refractivity contribution >= 4 is 42.6 Å². The summed E-state index contributed by atoms with van der Waals surface area (Å²) in [5, 5.41) is 2.75. The Morgan fingerprint density at radius 2 is 1.32 bits per heavy atom. The molecule has 5 nitrogen and oxygen atoms in total. The van der Waals surface area contributed by atoms with Gasteiger partial charge in [0.25, 0.3) is 0 Å². The van der Waals surface area contributed by atoms with Crippen molar-refractivity contribution in [2.24, 2.45) is 0 Å². The molecule has 0 aliphatic carbocycles. The second-order valence-electron chi connectivity index (χ2n) is 5.95. The highest BCUT2D eigenvalue weighted by Crippen LogP contribution is 2.31. The summed E-state index contributed by atoms with van der Waals surface area (Å²) in [7, 11) is -7.88. The van der Waals surface area contributed by atoms with Gasteiger partial charge >= 0.3 is 0 Å². The molecule has 2 aromatic rings. The average molecular weight is 396 g/mol. The molecule has 2 aromatic carbocycles. The van der Waals surface area contributed by atoms with Gasteiger partial charge in [-0.15, -0.1) is 0 Å². The third-order valence-corrected chi connectivity index (χ3v) is 9.95. The van der Waals surface area contributed by atoms with Crippen LogP contribution in [0, 0.1) is 0 Å². The van der Waals surface area contributed by atoms with Crippen LogP contribution < -0.4 is 5.32 Å². The van der Waals surface area contributed by atoms with Crippen molar-refractivity contribution in [3.8, 4) is 0 Å². The zero-order valence-electron chi connectivity index (χ0n) is 13.2. The first-order valence-corrected chi connectivity index (χ1v) is 11.5. The number of nitrogens with one attached hydrogen (secondary N) is 1. The van der Waals surface area contributed by atoms with Crippen molar-refractivity contribution in [1.29, 1.82) is 0 Å². The zero-order chi connectivity index (χ0) is 18.1. The Kier molecular flexibility index (Phi) is 4.95. The molecule has 1 N–H and O–H groups in total. The zero-order valence-corrected chi connectivity index (χ0v) is 15.6. The molecule has 0 radical (unpaired) electrons. The Balaban J connectivity index is 1.90. The number of para-hydroxylation sites is 1. The maximum atomic E-state index is 12.7. The lowest BCUT2D eigenvalue weighted by molar-refractivity contribution is 0.567. The third kappa shape index (κ3) is 3.91. The van der Waals surface area contributed by atoms with Gasteiger partial charge in [0, 0.05) is 11.6 Å². The molecule has 1 saturated heterocycles. The lowest BCUT2D eigenvalue weighted by atomic mass is 10.0. The van der Waals surface area contributed by atoms with Gasteiger partial charge in [0.05, 0.1) is 11.5 Å². The van der Waals surface area contributed by atoms with Gasteiger partial charge in [-0.2, -0.15) is 0 Å². The first-order chi connectivity index (χ1) is 11.8. The Morgan fingerprint density at radius 3 is 1.84 bits per heavy atom. The Hall–Kier alpha value is -1.77. The summed E-state index contributed by atoms with van der Waals surface area (Å²) >= 11 is 5.14. The SMILES string of the molecule is O=S1(=O)CC(c2ccccc2)CS(=O)(=O)C1C(=S)Nc1ccccc1. The fourth-order valence-electron chi connectivity index (χ4n) is 2.97. The van der Waals surface area contributed by atoms with Crippen LogP contribution in [-0.4, -0.2) is 37.9 Å². The molecule has 1 aliphatic rings. The molecule has 0 bridgehead atoms. The standard InChI is InChI=1S/C17H17NO4S3/c19-24(20)11-14(13-7-3-1-4-8-13)12-25(21,22)17(24)16(23)18-15-9-5-2-6-10-15/h1-10,14,17H,11-12H2,(H,18,23). The number of rotatable bonds is 3. The number of hydrogen-bond donors (Lipinski definition) is 1. The number of thiocarbonyl (C=S) groups is 1. The van der Waals surface area contributed by atoms with Gasteiger partial charge in [0.1, 0.15) is 4.99 Å². The molecule has 1 heterocycles. The highest BCUT2D eigenvalue weighted by atomic mass is 32.3. The Bertz CT molecular complexity index is 935. The highest BCUT2D eigenvalue weighted by Gasteiger charge is 2.48. The minimum atomic E-state index is -3.94. The maximum absolute atomic E-state index is 12.7. The molecule has 0 unspecified atom stereocenters. The lowest BCUT2D eigenvalue weighted by Crippen LogP contribution is -2.49. The van der Waals surface area contributed by atoms with E-state index >= 15 is 0 Å². The van der Waals surface area contributed by atoms with Crippen LogP contribution in [-0.2, 0) is 19.7 Å². The average Bonchev–Trinajstić information content (AvgIpc) is 2.54. The normalized spacial score (nSPS) is 24.3. The molecule has 132 valence electrons. The van der Waals surface area contributed by atoms with Crippen LogP contribution in [0.1, 0.15) is 11.5 Å². The molecular formula is C17H17NO4S3. The summed E-state index contributed by atoms with van der Waals surface area (Å²) in [5.74, 6) is -1.05. The van der Waals surface area contributed by atoms with E-state index in [9.17, 15) is 16.8 Å². The number of sulfone groups is 2. The number of benzene rings is 2. The second-order valence-corrected chi connectivity index (χ2v) is 11.0. The van der Waals surface area contributed by atoms with Gasteiger partial charge in [0.15, 0.2) is 19.7 Å². The van der Waals surface area contributed by atoms with Crippen LogP contribution in [0.4, 0.5) is 5.69 Å². The summed E-state index contributed by atoms with van der Waals surface area (Å²) in [5.41, 5.74) is 1.26. The smallest absolute Gasteiger partial charge is 0.212 e. The first-order valence-electron chi connectivity index (χ1n) is 7.63. The van der Waals surface area contributed by atoms with Crippen molar-refractivity contribution < 1.29 is 16.8 Å². The fraction of sp³-hybridized carbons (Fsp3) is 0.235. The highest BCUT2D eigenvalue weighted by molar-refractivity contribution is 8.12. The van der Waals surface area contributed by atoms with Crippen molar-refractivity contribution in [3.05, 3.63) is 66.2 Å². The molecular weight excluding hydrogens is 378 g/mol. The lowest BCUT2D eigenvalue weighted by Gasteiger charge is -2.29. The van der Waals surface area contributed by atoms with Crippen LogP contribution in [0.5, 0.6) is 0 Å². The minimum Gasteiger partial charge on any atom is -0.348 e. The topological polar surface area (TPSA) is 80.3 Å². The van der Waals surface area contributed by atoms with Crippen LogP contribution in [0.2, 0.25) is 0 Å². The van der Waals surface area contributed by atoms with Crippen molar-refractivity contribution in [1.82, 2.24) is 0 Å². The van der Waals surface area contributed by atoms with Crippen LogP contribution >= 0.6 is 12.2 Å². The van der Waals surface area contributed by atoms with E-state index in [1.165, 1.54) is 0 Å². The molecule has 25 heavy (non-hydrogen) atoms. The third-order valence-electron chi connectivity index (χ3n) is 4.05. The molecule has 8 heteroatoms. The van der Waals surface area contributed by atoms with Crippen molar-refractivity contribution in [3.63, 3.8) is 0 Å². The monoisotopic (exact) mass is 395 g/mol. The largest absolute Gasteiger partial charge is 0.348 e. The quantitative estimate of drug-likeness (QED) is 0.804. The van der Waals surface area contributed by atoms with Gasteiger partial charge in [-0.25, -0.2) is 16.8 Å². The van der Waals surface area contributed by atoms with E-state index in [-0.39, 0.29) is 16.5 Å². The van der Waals surface area contributed by atoms with Crippen LogP contribution in [0.25, 0.3) is 0 Å². The molecule has 1 aliphatic heterocycles. The molecule has 1 fully saturated rings. The number of anilines is 1. The van der Waals surface area contributed by atoms with E-state index in [2.05, 4.69) is 5.32 Å². The molecule has 3 rings (SSSR count). The molecule has 0 aromatic heterocycles. The number of hydrogen-bond acceptors (Lipinski definition) is 5. The van der Waals surface area contributed by atoms with E-state index in [4.69, 9.17) is 12.2 Å². The second kappa shape index (κ2) is 6.86. The Morgan fingerprint density at radius 1 is 0.840 bits per heavy atom. The van der Waals surface area contributed by atoms with Crippen molar-refractivity contribution in [2.75, 3.05) is 16.8 Å². The predicted molar refractivity (Wildman–Crippen MR) is 103 cm³/mol.